The molecule has 3 nitrogen and oxygen atoms in total. The minimum Gasteiger partial charge on any atom is -0.359 e. The van der Waals surface area contributed by atoms with Gasteiger partial charge >= 0.3 is 0 Å². The lowest BCUT2D eigenvalue weighted by Crippen LogP contribution is -2.38. The number of nitrogens with zero attached hydrogens (tertiary/aromatic N) is 1. The van der Waals surface area contributed by atoms with Gasteiger partial charge in [-0.3, -0.25) is 4.79 Å². The zero-order valence-electron chi connectivity index (χ0n) is 8.84. The highest BCUT2D eigenvalue weighted by atomic mass is 16.1. The molecule has 1 saturated carbocycles. The molecule has 76 valence electrons. The number of rotatable bonds is 2. The molecule has 3 heteroatoms. The van der Waals surface area contributed by atoms with Crippen molar-refractivity contribution in [2.75, 3.05) is 21.1 Å². The van der Waals surface area contributed by atoms with Gasteiger partial charge < -0.3 is 10.2 Å². The molecule has 1 aliphatic carbocycles. The van der Waals surface area contributed by atoms with Crippen LogP contribution in [0.15, 0.2) is 0 Å². The Morgan fingerprint density at radius 1 is 1.38 bits per heavy atom. The predicted molar refractivity (Wildman–Crippen MR) is 53.5 cm³/mol. The second-order valence-electron chi connectivity index (χ2n) is 4.10. The minimum absolute atomic E-state index is 0.214. The quantitative estimate of drug-likeness (QED) is 0.690. The van der Waals surface area contributed by atoms with E-state index in [0.29, 0.717) is 6.04 Å². The Morgan fingerprint density at radius 3 is 2.62 bits per heavy atom. The first kappa shape index (κ1) is 10.5. The van der Waals surface area contributed by atoms with Crippen molar-refractivity contribution in [2.24, 2.45) is 5.92 Å². The lowest BCUT2D eigenvalue weighted by atomic mass is 9.84. The van der Waals surface area contributed by atoms with Crippen molar-refractivity contribution >= 4 is 5.91 Å². The Labute approximate surface area is 80.5 Å². The molecule has 0 bridgehead atoms. The van der Waals surface area contributed by atoms with Crippen LogP contribution in [0, 0.1) is 5.92 Å². The van der Waals surface area contributed by atoms with E-state index in [2.05, 4.69) is 24.3 Å². The zero-order valence-corrected chi connectivity index (χ0v) is 8.84. The maximum Gasteiger partial charge on any atom is 0.222 e. The summed E-state index contributed by atoms with van der Waals surface area (Å²) in [5.74, 6) is 0.456. The number of hydrogen-bond acceptors (Lipinski definition) is 2. The van der Waals surface area contributed by atoms with Crippen LogP contribution in [0.25, 0.3) is 0 Å². The summed E-state index contributed by atoms with van der Waals surface area (Å²) >= 11 is 0. The molecule has 1 amide bonds. The smallest absolute Gasteiger partial charge is 0.222 e. The van der Waals surface area contributed by atoms with Crippen molar-refractivity contribution < 1.29 is 4.79 Å². The fourth-order valence-corrected chi connectivity index (χ4v) is 2.08. The summed E-state index contributed by atoms with van der Waals surface area (Å²) in [6, 6.07) is 0.594. The first-order valence-electron chi connectivity index (χ1n) is 5.03. The zero-order chi connectivity index (χ0) is 9.84. The van der Waals surface area contributed by atoms with Gasteiger partial charge in [-0.15, -0.1) is 0 Å². The summed E-state index contributed by atoms with van der Waals surface area (Å²) in [7, 11) is 5.91. The topological polar surface area (TPSA) is 32.3 Å². The Balaban J connectivity index is 2.46. The van der Waals surface area contributed by atoms with Crippen LogP contribution in [-0.4, -0.2) is 38.0 Å². The van der Waals surface area contributed by atoms with E-state index in [1.807, 2.05) is 0 Å². The van der Waals surface area contributed by atoms with Crippen molar-refractivity contribution in [3.8, 4) is 0 Å². The van der Waals surface area contributed by atoms with E-state index in [1.165, 1.54) is 12.8 Å². The summed E-state index contributed by atoms with van der Waals surface area (Å²) in [5.41, 5.74) is 0. The monoisotopic (exact) mass is 184 g/mol. The molecule has 2 atom stereocenters. The summed E-state index contributed by atoms with van der Waals surface area (Å²) in [5, 5.41) is 2.74. The molecule has 0 spiro atoms. The van der Waals surface area contributed by atoms with E-state index in [0.717, 1.165) is 12.8 Å². The van der Waals surface area contributed by atoms with Crippen molar-refractivity contribution in [3.05, 3.63) is 0 Å². The maximum atomic E-state index is 11.4. The molecule has 1 fully saturated rings. The normalized spacial score (nSPS) is 28.9. The Morgan fingerprint density at radius 2 is 2.08 bits per heavy atom. The molecule has 0 aromatic rings. The van der Waals surface area contributed by atoms with Crippen LogP contribution in [0.1, 0.15) is 25.7 Å². The average molecular weight is 184 g/mol. The Bertz CT molecular complexity index is 180. The summed E-state index contributed by atoms with van der Waals surface area (Å²) in [6.07, 6.45) is 4.50. The average Bonchev–Trinajstić information content (AvgIpc) is 2.17. The van der Waals surface area contributed by atoms with Crippen LogP contribution in [0.2, 0.25) is 0 Å². The van der Waals surface area contributed by atoms with Gasteiger partial charge in [-0.05, 0) is 33.4 Å². The number of nitrogens with one attached hydrogen (secondary N) is 1. The van der Waals surface area contributed by atoms with E-state index < -0.39 is 0 Å². The second-order valence-corrected chi connectivity index (χ2v) is 4.10. The SMILES string of the molecule is CNC(=O)C1CCCC(N(C)C)C1. The van der Waals surface area contributed by atoms with E-state index in [4.69, 9.17) is 0 Å². The minimum atomic E-state index is 0.214. The van der Waals surface area contributed by atoms with E-state index >= 15 is 0 Å². The third-order valence-corrected chi connectivity index (χ3v) is 2.99. The molecular formula is C10H20N2O. The van der Waals surface area contributed by atoms with Gasteiger partial charge in [0.05, 0.1) is 0 Å². The molecule has 1 rings (SSSR count). The van der Waals surface area contributed by atoms with E-state index in [9.17, 15) is 4.79 Å². The van der Waals surface area contributed by atoms with Gasteiger partial charge in [-0.1, -0.05) is 6.42 Å². The molecule has 1 aliphatic rings. The standard InChI is InChI=1S/C10H20N2O/c1-11-10(13)8-5-4-6-9(7-8)12(2)3/h8-9H,4-7H2,1-3H3,(H,11,13). The van der Waals surface area contributed by atoms with Crippen molar-refractivity contribution in [1.82, 2.24) is 10.2 Å². The first-order chi connectivity index (χ1) is 6.15. The molecule has 0 aliphatic heterocycles. The van der Waals surface area contributed by atoms with Gasteiger partial charge in [0.2, 0.25) is 5.91 Å². The van der Waals surface area contributed by atoms with Gasteiger partial charge in [0.15, 0.2) is 0 Å². The summed E-state index contributed by atoms with van der Waals surface area (Å²) in [6.45, 7) is 0. The summed E-state index contributed by atoms with van der Waals surface area (Å²) < 4.78 is 0. The lowest BCUT2D eigenvalue weighted by molar-refractivity contribution is -0.126. The van der Waals surface area contributed by atoms with Crippen molar-refractivity contribution in [3.63, 3.8) is 0 Å². The fraction of sp³-hybridized carbons (Fsp3) is 0.900. The first-order valence-corrected chi connectivity index (χ1v) is 5.03. The van der Waals surface area contributed by atoms with Crippen LogP contribution < -0.4 is 5.32 Å². The highest BCUT2D eigenvalue weighted by Gasteiger charge is 2.27. The van der Waals surface area contributed by atoms with Crippen LogP contribution in [0.5, 0.6) is 0 Å². The molecule has 0 saturated heterocycles. The molecule has 0 aromatic carbocycles. The van der Waals surface area contributed by atoms with Gasteiger partial charge in [-0.2, -0.15) is 0 Å². The molecular weight excluding hydrogens is 164 g/mol. The number of hydrogen-bond donors (Lipinski definition) is 1. The van der Waals surface area contributed by atoms with E-state index in [-0.39, 0.29) is 11.8 Å². The summed E-state index contributed by atoms with van der Waals surface area (Å²) in [4.78, 5) is 13.6. The van der Waals surface area contributed by atoms with Crippen molar-refractivity contribution in [1.29, 1.82) is 0 Å². The predicted octanol–water partition coefficient (Wildman–Crippen LogP) is 0.853. The number of amides is 1. The second kappa shape index (κ2) is 4.61. The lowest BCUT2D eigenvalue weighted by Gasteiger charge is -2.32. The van der Waals surface area contributed by atoms with Crippen molar-refractivity contribution in [2.45, 2.75) is 31.7 Å². The van der Waals surface area contributed by atoms with Crippen LogP contribution in [0.4, 0.5) is 0 Å². The highest BCUT2D eigenvalue weighted by molar-refractivity contribution is 5.78. The largest absolute Gasteiger partial charge is 0.359 e. The third-order valence-electron chi connectivity index (χ3n) is 2.99. The van der Waals surface area contributed by atoms with Gasteiger partial charge in [0.25, 0.3) is 0 Å². The molecule has 13 heavy (non-hydrogen) atoms. The van der Waals surface area contributed by atoms with Crippen LogP contribution in [-0.2, 0) is 4.79 Å². The molecule has 0 radical (unpaired) electrons. The van der Waals surface area contributed by atoms with Gasteiger partial charge in [0, 0.05) is 19.0 Å². The Kier molecular flexibility index (Phi) is 3.72. The maximum absolute atomic E-state index is 11.4. The van der Waals surface area contributed by atoms with Crippen LogP contribution >= 0.6 is 0 Å². The highest BCUT2D eigenvalue weighted by Crippen LogP contribution is 2.26. The third kappa shape index (κ3) is 2.69. The number of carbonyl (C=O) groups is 1. The van der Waals surface area contributed by atoms with Gasteiger partial charge in [-0.25, -0.2) is 0 Å². The number of carbonyl (C=O) groups excluding carboxylic acids is 1. The molecule has 0 heterocycles. The Hall–Kier alpha value is -0.570. The van der Waals surface area contributed by atoms with E-state index in [1.54, 1.807) is 7.05 Å². The van der Waals surface area contributed by atoms with Crippen LogP contribution in [0.3, 0.4) is 0 Å². The molecule has 1 N–H and O–H groups in total. The van der Waals surface area contributed by atoms with Gasteiger partial charge in [0.1, 0.15) is 0 Å². The fourth-order valence-electron chi connectivity index (χ4n) is 2.08. The molecule has 0 aromatic heterocycles. The molecule has 2 unspecified atom stereocenters.